The molecule has 1 heterocycles. The predicted molar refractivity (Wildman–Crippen MR) is 117 cm³/mol. The van der Waals surface area contributed by atoms with Crippen LogP contribution in [0.25, 0.3) is 0 Å². The third-order valence-electron chi connectivity index (χ3n) is 4.64. The average molecular weight is 426 g/mol. The molecular weight excluding hydrogens is 398 g/mol. The van der Waals surface area contributed by atoms with Gasteiger partial charge in [-0.3, -0.25) is 4.79 Å². The SMILES string of the molecule is CC(C)(C)CC(NC(=O)c1ccc(CS(=O)(=O)c2ccccc2)o1)c1ccccc1. The van der Waals surface area contributed by atoms with Crippen LogP contribution in [0.4, 0.5) is 0 Å². The van der Waals surface area contributed by atoms with E-state index >= 15 is 0 Å². The molecule has 0 bridgehead atoms. The summed E-state index contributed by atoms with van der Waals surface area (Å²) in [6.45, 7) is 6.36. The summed E-state index contributed by atoms with van der Waals surface area (Å²) in [5, 5.41) is 3.03. The van der Waals surface area contributed by atoms with Crippen LogP contribution in [-0.2, 0) is 15.6 Å². The van der Waals surface area contributed by atoms with E-state index in [1.807, 2.05) is 30.3 Å². The van der Waals surface area contributed by atoms with Gasteiger partial charge in [-0.25, -0.2) is 8.42 Å². The molecule has 3 rings (SSSR count). The Bertz CT molecular complexity index is 1080. The first kappa shape index (κ1) is 21.8. The zero-order valence-corrected chi connectivity index (χ0v) is 18.3. The molecule has 0 spiro atoms. The predicted octanol–water partition coefficient (Wildman–Crippen LogP) is 5.16. The van der Waals surface area contributed by atoms with Gasteiger partial charge in [-0.1, -0.05) is 69.3 Å². The lowest BCUT2D eigenvalue weighted by molar-refractivity contribution is 0.0896. The Morgan fingerprint density at radius 2 is 1.53 bits per heavy atom. The molecule has 1 aromatic heterocycles. The van der Waals surface area contributed by atoms with Crippen molar-refractivity contribution in [3.63, 3.8) is 0 Å². The number of benzene rings is 2. The van der Waals surface area contributed by atoms with Gasteiger partial charge >= 0.3 is 0 Å². The monoisotopic (exact) mass is 425 g/mol. The lowest BCUT2D eigenvalue weighted by atomic mass is 9.85. The van der Waals surface area contributed by atoms with Crippen molar-refractivity contribution in [2.75, 3.05) is 0 Å². The molecule has 1 atom stereocenters. The van der Waals surface area contributed by atoms with Crippen LogP contribution in [0.2, 0.25) is 0 Å². The Balaban J connectivity index is 1.75. The Labute approximate surface area is 178 Å². The minimum atomic E-state index is -3.54. The van der Waals surface area contributed by atoms with Gasteiger partial charge in [-0.2, -0.15) is 0 Å². The molecule has 158 valence electrons. The molecule has 3 aromatic rings. The van der Waals surface area contributed by atoms with Crippen LogP contribution < -0.4 is 5.32 Å². The topological polar surface area (TPSA) is 76.4 Å². The first-order chi connectivity index (χ1) is 14.1. The fourth-order valence-corrected chi connectivity index (χ4v) is 4.52. The van der Waals surface area contributed by atoms with Crippen molar-refractivity contribution in [1.82, 2.24) is 5.32 Å². The number of hydrogen-bond acceptors (Lipinski definition) is 4. The minimum Gasteiger partial charge on any atom is -0.455 e. The third kappa shape index (κ3) is 5.83. The van der Waals surface area contributed by atoms with Crippen LogP contribution in [0.15, 0.2) is 82.1 Å². The highest BCUT2D eigenvalue weighted by Crippen LogP contribution is 2.30. The van der Waals surface area contributed by atoms with Gasteiger partial charge < -0.3 is 9.73 Å². The van der Waals surface area contributed by atoms with Crippen molar-refractivity contribution in [3.05, 3.63) is 89.9 Å². The number of rotatable bonds is 7. The largest absolute Gasteiger partial charge is 0.455 e. The summed E-state index contributed by atoms with van der Waals surface area (Å²) in [5.74, 6) is -0.329. The van der Waals surface area contributed by atoms with Gasteiger partial charge in [0.25, 0.3) is 5.91 Å². The second-order valence-electron chi connectivity index (χ2n) is 8.54. The van der Waals surface area contributed by atoms with Crippen molar-refractivity contribution < 1.29 is 17.6 Å². The minimum absolute atomic E-state index is 0.00583. The summed E-state index contributed by atoms with van der Waals surface area (Å²) in [6.07, 6.45) is 0.749. The number of furan rings is 1. The fourth-order valence-electron chi connectivity index (χ4n) is 3.26. The summed E-state index contributed by atoms with van der Waals surface area (Å²) in [5.41, 5.74) is 1.02. The highest BCUT2D eigenvalue weighted by molar-refractivity contribution is 7.90. The molecule has 0 fully saturated rings. The van der Waals surface area contributed by atoms with Gasteiger partial charge in [-0.05, 0) is 41.7 Å². The molecule has 0 saturated heterocycles. The Morgan fingerprint density at radius 3 is 2.13 bits per heavy atom. The highest BCUT2D eigenvalue weighted by atomic mass is 32.2. The number of sulfone groups is 1. The van der Waals surface area contributed by atoms with E-state index < -0.39 is 9.84 Å². The molecule has 1 amide bonds. The van der Waals surface area contributed by atoms with Gasteiger partial charge in [0.2, 0.25) is 0 Å². The van der Waals surface area contributed by atoms with E-state index in [-0.39, 0.29) is 39.5 Å². The zero-order chi connectivity index (χ0) is 21.8. The number of amides is 1. The van der Waals surface area contributed by atoms with E-state index in [1.54, 1.807) is 30.3 Å². The van der Waals surface area contributed by atoms with Crippen LogP contribution in [0.5, 0.6) is 0 Å². The van der Waals surface area contributed by atoms with E-state index in [9.17, 15) is 13.2 Å². The van der Waals surface area contributed by atoms with Crippen molar-refractivity contribution in [1.29, 1.82) is 0 Å². The first-order valence-corrected chi connectivity index (χ1v) is 11.5. The standard InChI is InChI=1S/C24H27NO4S/c1-24(2,3)16-21(18-10-6-4-7-11-18)25-23(26)22-15-14-19(29-22)17-30(27,28)20-12-8-5-9-13-20/h4-15,21H,16-17H2,1-3H3,(H,25,26). The molecule has 2 aromatic carbocycles. The van der Waals surface area contributed by atoms with Gasteiger partial charge in [0.05, 0.1) is 10.9 Å². The van der Waals surface area contributed by atoms with Crippen molar-refractivity contribution in [2.24, 2.45) is 5.41 Å². The molecule has 1 unspecified atom stereocenters. The summed E-state index contributed by atoms with van der Waals surface area (Å²) >= 11 is 0. The molecule has 0 radical (unpaired) electrons. The third-order valence-corrected chi connectivity index (χ3v) is 6.30. The van der Waals surface area contributed by atoms with E-state index in [4.69, 9.17) is 4.42 Å². The van der Waals surface area contributed by atoms with Gasteiger partial charge in [0, 0.05) is 0 Å². The smallest absolute Gasteiger partial charge is 0.287 e. The summed E-state index contributed by atoms with van der Waals surface area (Å²) in [6, 6.07) is 20.9. The Kier molecular flexibility index (Phi) is 6.46. The van der Waals surface area contributed by atoms with Crippen molar-refractivity contribution in [3.8, 4) is 0 Å². The normalized spacial score (nSPS) is 13.0. The maximum Gasteiger partial charge on any atom is 0.287 e. The summed E-state index contributed by atoms with van der Waals surface area (Å²) in [4.78, 5) is 13.0. The number of carbonyl (C=O) groups excluding carboxylic acids is 1. The molecule has 6 heteroatoms. The zero-order valence-electron chi connectivity index (χ0n) is 17.5. The molecule has 0 aliphatic rings. The van der Waals surface area contributed by atoms with Crippen LogP contribution in [0, 0.1) is 5.41 Å². The lowest BCUT2D eigenvalue weighted by Gasteiger charge is -2.27. The second-order valence-corrected chi connectivity index (χ2v) is 10.5. The van der Waals surface area contributed by atoms with Crippen molar-refractivity contribution in [2.45, 2.75) is 43.9 Å². The summed E-state index contributed by atoms with van der Waals surface area (Å²) < 4.78 is 30.7. The first-order valence-electron chi connectivity index (χ1n) is 9.86. The van der Waals surface area contributed by atoms with Gasteiger partial charge in [0.1, 0.15) is 11.5 Å². The van der Waals surface area contributed by atoms with Crippen LogP contribution in [-0.4, -0.2) is 14.3 Å². The molecule has 0 aliphatic heterocycles. The lowest BCUT2D eigenvalue weighted by Crippen LogP contribution is -2.31. The summed E-state index contributed by atoms with van der Waals surface area (Å²) in [7, 11) is -3.54. The Hall–Kier alpha value is -2.86. The quantitative estimate of drug-likeness (QED) is 0.567. The average Bonchev–Trinajstić information content (AvgIpc) is 3.16. The second kappa shape index (κ2) is 8.88. The number of nitrogens with one attached hydrogen (secondary N) is 1. The van der Waals surface area contributed by atoms with Crippen molar-refractivity contribution >= 4 is 15.7 Å². The van der Waals surface area contributed by atoms with Gasteiger partial charge in [-0.15, -0.1) is 0 Å². The maximum atomic E-state index is 12.8. The van der Waals surface area contributed by atoms with E-state index in [0.717, 1.165) is 12.0 Å². The maximum absolute atomic E-state index is 12.8. The van der Waals surface area contributed by atoms with E-state index in [2.05, 4.69) is 26.1 Å². The Morgan fingerprint density at radius 1 is 0.933 bits per heavy atom. The number of hydrogen-bond donors (Lipinski definition) is 1. The molecule has 1 N–H and O–H groups in total. The molecule has 0 aliphatic carbocycles. The van der Waals surface area contributed by atoms with E-state index in [1.165, 1.54) is 12.1 Å². The van der Waals surface area contributed by atoms with Gasteiger partial charge in [0.15, 0.2) is 15.6 Å². The molecule has 0 saturated carbocycles. The van der Waals surface area contributed by atoms with E-state index in [0.29, 0.717) is 0 Å². The highest BCUT2D eigenvalue weighted by Gasteiger charge is 2.24. The molecule has 5 nitrogen and oxygen atoms in total. The van der Waals surface area contributed by atoms with Crippen LogP contribution in [0.3, 0.4) is 0 Å². The molecular formula is C24H27NO4S. The molecule has 30 heavy (non-hydrogen) atoms. The van der Waals surface area contributed by atoms with Crippen LogP contribution in [0.1, 0.15) is 55.1 Å². The fraction of sp³-hybridized carbons (Fsp3) is 0.292. The number of carbonyl (C=O) groups is 1. The van der Waals surface area contributed by atoms with Crippen LogP contribution >= 0.6 is 0 Å².